The van der Waals surface area contributed by atoms with E-state index in [2.05, 4.69) is 20.8 Å². The molecule has 8 N–H and O–H groups in total. The van der Waals surface area contributed by atoms with E-state index in [1.54, 1.807) is 0 Å². The molecule has 0 bridgehead atoms. The van der Waals surface area contributed by atoms with Gasteiger partial charge in [-0.15, -0.1) is 0 Å². The SMILES string of the molecule is CC(CCCN)C1CC[C@H]2C3[C@H](OCCCN)CC4CC(OCCCN)CC[C@]4(C)[C@H]3C[C@H](OCCCN)[C@]12C. The van der Waals surface area contributed by atoms with Crippen molar-refractivity contribution in [2.45, 2.75) is 116 Å². The first kappa shape index (κ1) is 32.6. The third-order valence-electron chi connectivity index (χ3n) is 12.4. The predicted octanol–water partition coefficient (Wildman–Crippen LogP) is 4.44. The van der Waals surface area contributed by atoms with Gasteiger partial charge in [0.15, 0.2) is 0 Å². The molecular weight excluding hydrogens is 500 g/mol. The summed E-state index contributed by atoms with van der Waals surface area (Å²) in [5.41, 5.74) is 24.0. The maximum absolute atomic E-state index is 6.92. The van der Waals surface area contributed by atoms with Crippen molar-refractivity contribution in [1.82, 2.24) is 0 Å². The minimum Gasteiger partial charge on any atom is -0.378 e. The largest absolute Gasteiger partial charge is 0.378 e. The quantitative estimate of drug-likeness (QED) is 0.204. The molecule has 11 atom stereocenters. The van der Waals surface area contributed by atoms with Crippen LogP contribution in [0.15, 0.2) is 0 Å². The first-order valence-electron chi connectivity index (χ1n) is 17.0. The lowest BCUT2D eigenvalue weighted by atomic mass is 9.43. The first-order chi connectivity index (χ1) is 19.3. The van der Waals surface area contributed by atoms with Gasteiger partial charge < -0.3 is 37.1 Å². The fraction of sp³-hybridized carbons (Fsp3) is 1.00. The van der Waals surface area contributed by atoms with Gasteiger partial charge in [0.2, 0.25) is 0 Å². The van der Waals surface area contributed by atoms with Crippen LogP contribution in [0.2, 0.25) is 0 Å². The molecule has 5 unspecified atom stereocenters. The predicted molar refractivity (Wildman–Crippen MR) is 164 cm³/mol. The molecule has 0 radical (unpaired) electrons. The molecule has 0 aromatic rings. The van der Waals surface area contributed by atoms with Gasteiger partial charge in [0.1, 0.15) is 0 Å². The van der Waals surface area contributed by atoms with Crippen molar-refractivity contribution in [2.24, 2.45) is 69.3 Å². The molecule has 0 aromatic carbocycles. The molecule has 40 heavy (non-hydrogen) atoms. The zero-order valence-electron chi connectivity index (χ0n) is 26.2. The Morgan fingerprint density at radius 2 is 1.38 bits per heavy atom. The van der Waals surface area contributed by atoms with Crippen molar-refractivity contribution in [3.8, 4) is 0 Å². The molecular formula is C33H64N4O3. The second-order valence-electron chi connectivity index (χ2n) is 14.4. The molecule has 0 saturated heterocycles. The lowest BCUT2D eigenvalue weighted by Gasteiger charge is -2.65. The first-order valence-corrected chi connectivity index (χ1v) is 17.0. The summed E-state index contributed by atoms with van der Waals surface area (Å²) in [7, 11) is 0. The summed E-state index contributed by atoms with van der Waals surface area (Å²) in [5.74, 6) is 3.83. The second-order valence-corrected chi connectivity index (χ2v) is 14.4. The summed E-state index contributed by atoms with van der Waals surface area (Å²) in [6.45, 7) is 12.9. The van der Waals surface area contributed by atoms with E-state index in [1.165, 1.54) is 32.1 Å². The van der Waals surface area contributed by atoms with E-state index in [-0.39, 0.29) is 11.5 Å². The van der Waals surface area contributed by atoms with E-state index in [4.69, 9.17) is 37.1 Å². The van der Waals surface area contributed by atoms with Crippen molar-refractivity contribution < 1.29 is 14.2 Å². The van der Waals surface area contributed by atoms with E-state index in [0.717, 1.165) is 71.3 Å². The van der Waals surface area contributed by atoms with Crippen LogP contribution < -0.4 is 22.9 Å². The lowest BCUT2D eigenvalue weighted by Crippen LogP contribution is -2.63. The van der Waals surface area contributed by atoms with Gasteiger partial charge in [-0.2, -0.15) is 0 Å². The molecule has 0 amide bonds. The van der Waals surface area contributed by atoms with Crippen LogP contribution in [-0.4, -0.2) is 64.3 Å². The Kier molecular flexibility index (Phi) is 12.2. The van der Waals surface area contributed by atoms with Gasteiger partial charge in [0.05, 0.1) is 18.3 Å². The van der Waals surface area contributed by atoms with Crippen LogP contribution in [0, 0.1) is 46.3 Å². The van der Waals surface area contributed by atoms with Gasteiger partial charge in [-0.25, -0.2) is 0 Å². The lowest BCUT2D eigenvalue weighted by molar-refractivity contribution is -0.227. The Labute approximate surface area is 245 Å². The molecule has 0 heterocycles. The second kappa shape index (κ2) is 14.9. The van der Waals surface area contributed by atoms with E-state index in [9.17, 15) is 0 Å². The monoisotopic (exact) mass is 564 g/mol. The molecule has 4 aliphatic rings. The summed E-state index contributed by atoms with van der Waals surface area (Å²) in [5, 5.41) is 0. The minimum atomic E-state index is 0.172. The third-order valence-corrected chi connectivity index (χ3v) is 12.4. The van der Waals surface area contributed by atoms with Crippen molar-refractivity contribution in [2.75, 3.05) is 46.0 Å². The summed E-state index contributed by atoms with van der Waals surface area (Å²) < 4.78 is 20.1. The van der Waals surface area contributed by atoms with E-state index in [0.29, 0.717) is 72.8 Å². The van der Waals surface area contributed by atoms with Crippen LogP contribution in [0.25, 0.3) is 0 Å². The molecule has 4 fully saturated rings. The standard InChI is InChI=1S/C33H64N4O3/c1-23(8-4-13-34)26-9-10-27-31-28(22-30(33(26,27)3)40-19-7-16-37)32(2)12-11-25(38-17-5-14-35)20-24(32)21-29(31)39-18-6-15-36/h23-31H,4-22,34-37H2,1-3H3/t23?,24?,25?,26?,27-,28-,29+,30-,31?,32-,33+/m0/s1. The highest BCUT2D eigenvalue weighted by molar-refractivity contribution is 5.15. The van der Waals surface area contributed by atoms with Gasteiger partial charge in [-0.1, -0.05) is 20.8 Å². The molecule has 7 heteroatoms. The smallest absolute Gasteiger partial charge is 0.0637 e. The van der Waals surface area contributed by atoms with Gasteiger partial charge in [0.25, 0.3) is 0 Å². The molecule has 0 aromatic heterocycles. The van der Waals surface area contributed by atoms with Gasteiger partial charge in [-0.3, -0.25) is 0 Å². The van der Waals surface area contributed by atoms with Gasteiger partial charge in [0, 0.05) is 25.2 Å². The molecule has 4 saturated carbocycles. The number of nitrogens with two attached hydrogens (primary N) is 4. The Balaban J connectivity index is 1.64. The maximum Gasteiger partial charge on any atom is 0.0637 e. The average Bonchev–Trinajstić information content (AvgIpc) is 3.31. The van der Waals surface area contributed by atoms with Crippen LogP contribution in [0.1, 0.15) is 97.8 Å². The van der Waals surface area contributed by atoms with Crippen molar-refractivity contribution in [3.05, 3.63) is 0 Å². The van der Waals surface area contributed by atoms with Gasteiger partial charge >= 0.3 is 0 Å². The Hall–Kier alpha value is -0.280. The number of hydrogen-bond acceptors (Lipinski definition) is 7. The number of ether oxygens (including phenoxy) is 3. The Bertz CT molecular complexity index is 757. The van der Waals surface area contributed by atoms with Crippen molar-refractivity contribution in [3.63, 3.8) is 0 Å². The number of fused-ring (bicyclic) bond motifs is 5. The third kappa shape index (κ3) is 6.61. The molecule has 4 rings (SSSR count). The van der Waals surface area contributed by atoms with E-state index >= 15 is 0 Å². The minimum absolute atomic E-state index is 0.172. The van der Waals surface area contributed by atoms with E-state index < -0.39 is 0 Å². The van der Waals surface area contributed by atoms with Crippen LogP contribution in [0.3, 0.4) is 0 Å². The summed E-state index contributed by atoms with van der Waals surface area (Å²) >= 11 is 0. The number of rotatable bonds is 16. The highest BCUT2D eigenvalue weighted by Gasteiger charge is 2.66. The zero-order chi connectivity index (χ0) is 28.8. The average molecular weight is 565 g/mol. The molecule has 0 spiro atoms. The zero-order valence-corrected chi connectivity index (χ0v) is 26.2. The number of hydrogen-bond donors (Lipinski definition) is 4. The van der Waals surface area contributed by atoms with E-state index in [1.807, 2.05) is 0 Å². The molecule has 7 nitrogen and oxygen atoms in total. The van der Waals surface area contributed by atoms with Gasteiger partial charge in [-0.05, 0) is 144 Å². The van der Waals surface area contributed by atoms with Crippen molar-refractivity contribution in [1.29, 1.82) is 0 Å². The molecule has 4 aliphatic carbocycles. The fourth-order valence-electron chi connectivity index (χ4n) is 10.2. The fourth-order valence-corrected chi connectivity index (χ4v) is 10.2. The van der Waals surface area contributed by atoms with Crippen LogP contribution in [-0.2, 0) is 14.2 Å². The Morgan fingerprint density at radius 3 is 2.05 bits per heavy atom. The molecule has 0 aliphatic heterocycles. The summed E-state index contributed by atoms with van der Waals surface area (Å²) in [4.78, 5) is 0. The van der Waals surface area contributed by atoms with Crippen molar-refractivity contribution >= 4 is 0 Å². The Morgan fingerprint density at radius 1 is 0.725 bits per heavy atom. The van der Waals surface area contributed by atoms with Crippen LogP contribution in [0.5, 0.6) is 0 Å². The van der Waals surface area contributed by atoms with Crippen LogP contribution >= 0.6 is 0 Å². The normalized spacial score (nSPS) is 41.8. The van der Waals surface area contributed by atoms with Crippen LogP contribution in [0.4, 0.5) is 0 Å². The highest BCUT2D eigenvalue weighted by Crippen LogP contribution is 2.69. The maximum atomic E-state index is 6.92. The molecule has 234 valence electrons. The summed E-state index contributed by atoms with van der Waals surface area (Å²) in [6.07, 6.45) is 14.6. The highest BCUT2D eigenvalue weighted by atomic mass is 16.5. The summed E-state index contributed by atoms with van der Waals surface area (Å²) in [6, 6.07) is 0. The topological polar surface area (TPSA) is 132 Å².